The molecule has 182 valence electrons. The molecule has 0 saturated carbocycles. The van der Waals surface area contributed by atoms with Crippen molar-refractivity contribution >= 4 is 51.2 Å². The summed E-state index contributed by atoms with van der Waals surface area (Å²) in [6.45, 7) is 4.34. The summed E-state index contributed by atoms with van der Waals surface area (Å²) in [5.74, 6) is 2.49. The molecule has 0 unspecified atom stereocenters. The standard InChI is InChI=1S/C27H31N3O2.2BrH/c1-31-25-14-10-23(11-15-25)28-27(22-8-3-2-4-9-22)29-24-12-16-26(17-13-24)32-21-7-20-30-18-5-6-19-30;;/h2-4,8-17H,5-7,18-21H2,1H3,(H,28,29);2*1H. The van der Waals surface area contributed by atoms with E-state index in [-0.39, 0.29) is 34.0 Å². The van der Waals surface area contributed by atoms with Crippen LogP contribution < -0.4 is 14.8 Å². The Hall–Kier alpha value is -2.35. The largest absolute Gasteiger partial charge is 0.497 e. The Morgan fingerprint density at radius 3 is 2.15 bits per heavy atom. The molecular formula is C27H33Br2N3O2. The minimum Gasteiger partial charge on any atom is -0.497 e. The van der Waals surface area contributed by atoms with E-state index in [1.165, 1.54) is 25.9 Å². The minimum atomic E-state index is 0. The summed E-state index contributed by atoms with van der Waals surface area (Å²) < 4.78 is 11.2. The fourth-order valence-electron chi connectivity index (χ4n) is 3.80. The lowest BCUT2D eigenvalue weighted by molar-refractivity contribution is 0.263. The van der Waals surface area contributed by atoms with Crippen molar-refractivity contribution in [2.24, 2.45) is 4.99 Å². The number of nitrogens with zero attached hydrogens (tertiary/aromatic N) is 2. The van der Waals surface area contributed by atoms with E-state index in [9.17, 15) is 0 Å². The third-order valence-corrected chi connectivity index (χ3v) is 5.56. The van der Waals surface area contributed by atoms with Crippen molar-refractivity contribution in [3.8, 4) is 11.5 Å². The van der Waals surface area contributed by atoms with Crippen molar-refractivity contribution in [3.05, 3.63) is 84.4 Å². The van der Waals surface area contributed by atoms with Crippen molar-refractivity contribution in [2.75, 3.05) is 38.7 Å². The summed E-state index contributed by atoms with van der Waals surface area (Å²) in [7, 11) is 1.67. The van der Waals surface area contributed by atoms with E-state index < -0.39 is 0 Å². The predicted molar refractivity (Wildman–Crippen MR) is 152 cm³/mol. The summed E-state index contributed by atoms with van der Waals surface area (Å²) in [6, 6.07) is 25.9. The summed E-state index contributed by atoms with van der Waals surface area (Å²) in [5.41, 5.74) is 2.84. The van der Waals surface area contributed by atoms with Crippen LogP contribution in [0.25, 0.3) is 0 Å². The fraction of sp³-hybridized carbons (Fsp3) is 0.296. The highest BCUT2D eigenvalue weighted by molar-refractivity contribution is 8.93. The van der Waals surface area contributed by atoms with Crippen LogP contribution in [0.15, 0.2) is 83.9 Å². The average Bonchev–Trinajstić information content (AvgIpc) is 3.37. The van der Waals surface area contributed by atoms with E-state index in [1.807, 2.05) is 78.9 Å². The maximum atomic E-state index is 5.93. The second kappa shape index (κ2) is 14.8. The number of anilines is 1. The third-order valence-electron chi connectivity index (χ3n) is 5.56. The van der Waals surface area contributed by atoms with Crippen molar-refractivity contribution in [2.45, 2.75) is 19.3 Å². The summed E-state index contributed by atoms with van der Waals surface area (Å²) in [6.07, 6.45) is 3.73. The number of methoxy groups -OCH3 is 1. The second-order valence-electron chi connectivity index (χ2n) is 7.92. The Kier molecular flexibility index (Phi) is 12.2. The van der Waals surface area contributed by atoms with Crippen molar-refractivity contribution in [1.82, 2.24) is 4.90 Å². The average molecular weight is 591 g/mol. The number of aliphatic imine (C=N–C) groups is 1. The van der Waals surface area contributed by atoms with Gasteiger partial charge in [-0.25, -0.2) is 4.99 Å². The molecule has 3 aromatic carbocycles. The van der Waals surface area contributed by atoms with E-state index in [0.29, 0.717) is 0 Å². The first-order valence-electron chi connectivity index (χ1n) is 11.3. The first-order valence-corrected chi connectivity index (χ1v) is 11.3. The van der Waals surface area contributed by atoms with Gasteiger partial charge >= 0.3 is 0 Å². The Morgan fingerprint density at radius 2 is 1.50 bits per heavy atom. The van der Waals surface area contributed by atoms with Gasteiger partial charge in [0.25, 0.3) is 0 Å². The SMILES string of the molecule is Br.Br.COc1ccc(NC(=Nc2ccc(OCCCN3CCCC3)cc2)c2ccccc2)cc1. The van der Waals surface area contributed by atoms with Crippen LogP contribution in [-0.4, -0.2) is 44.1 Å². The number of hydrogen-bond donors (Lipinski definition) is 1. The molecule has 5 nitrogen and oxygen atoms in total. The highest BCUT2D eigenvalue weighted by Crippen LogP contribution is 2.21. The number of hydrogen-bond acceptors (Lipinski definition) is 4. The first-order chi connectivity index (χ1) is 15.8. The van der Waals surface area contributed by atoms with Gasteiger partial charge in [0.1, 0.15) is 17.3 Å². The van der Waals surface area contributed by atoms with Crippen molar-refractivity contribution < 1.29 is 9.47 Å². The molecule has 1 heterocycles. The number of benzene rings is 3. The third kappa shape index (κ3) is 8.46. The Morgan fingerprint density at radius 1 is 0.853 bits per heavy atom. The molecule has 1 saturated heterocycles. The first kappa shape index (κ1) is 27.9. The number of halogens is 2. The van der Waals surface area contributed by atoms with Gasteiger partial charge in [-0.15, -0.1) is 34.0 Å². The molecule has 34 heavy (non-hydrogen) atoms. The lowest BCUT2D eigenvalue weighted by Gasteiger charge is -2.14. The molecule has 1 fully saturated rings. The van der Waals surface area contributed by atoms with Crippen LogP contribution in [0.4, 0.5) is 11.4 Å². The van der Waals surface area contributed by atoms with Gasteiger partial charge in [0.2, 0.25) is 0 Å². The Labute approximate surface area is 223 Å². The lowest BCUT2D eigenvalue weighted by Crippen LogP contribution is -2.21. The number of nitrogens with one attached hydrogen (secondary N) is 1. The maximum Gasteiger partial charge on any atom is 0.138 e. The molecule has 1 N–H and O–H groups in total. The smallest absolute Gasteiger partial charge is 0.138 e. The second-order valence-corrected chi connectivity index (χ2v) is 7.92. The van der Waals surface area contributed by atoms with E-state index in [0.717, 1.165) is 53.8 Å². The Balaban J connectivity index is 0.00000204. The summed E-state index contributed by atoms with van der Waals surface area (Å²) in [4.78, 5) is 7.38. The van der Waals surface area contributed by atoms with Crippen LogP contribution in [0.3, 0.4) is 0 Å². The van der Waals surface area contributed by atoms with Crippen LogP contribution in [0.1, 0.15) is 24.8 Å². The zero-order chi connectivity index (χ0) is 22.0. The lowest BCUT2D eigenvalue weighted by atomic mass is 10.2. The molecule has 1 aliphatic rings. The molecule has 0 atom stereocenters. The van der Waals surface area contributed by atoms with Gasteiger partial charge in [-0.1, -0.05) is 30.3 Å². The highest BCUT2D eigenvalue weighted by Gasteiger charge is 2.10. The number of rotatable bonds is 9. The van der Waals surface area contributed by atoms with Crippen LogP contribution in [0, 0.1) is 0 Å². The molecule has 1 aliphatic heterocycles. The molecular weight excluding hydrogens is 558 g/mol. The molecule has 0 amide bonds. The normalized spacial score (nSPS) is 13.5. The van der Waals surface area contributed by atoms with Gasteiger partial charge in [0.05, 0.1) is 19.4 Å². The molecule has 0 radical (unpaired) electrons. The highest BCUT2D eigenvalue weighted by atomic mass is 79.9. The minimum absolute atomic E-state index is 0. The van der Waals surface area contributed by atoms with Gasteiger partial charge in [-0.05, 0) is 80.9 Å². The molecule has 0 bridgehead atoms. The van der Waals surface area contributed by atoms with E-state index >= 15 is 0 Å². The topological polar surface area (TPSA) is 46.1 Å². The molecule has 7 heteroatoms. The van der Waals surface area contributed by atoms with Crippen LogP contribution in [-0.2, 0) is 0 Å². The van der Waals surface area contributed by atoms with E-state index in [1.54, 1.807) is 7.11 Å². The zero-order valence-electron chi connectivity index (χ0n) is 19.5. The van der Waals surface area contributed by atoms with Crippen LogP contribution in [0.2, 0.25) is 0 Å². The van der Waals surface area contributed by atoms with E-state index in [4.69, 9.17) is 14.5 Å². The Bertz CT molecular complexity index is 991. The van der Waals surface area contributed by atoms with Gasteiger partial charge in [0, 0.05) is 17.8 Å². The molecule has 0 spiro atoms. The maximum absolute atomic E-state index is 5.93. The van der Waals surface area contributed by atoms with Gasteiger partial charge in [-0.2, -0.15) is 0 Å². The van der Waals surface area contributed by atoms with Crippen LogP contribution in [0.5, 0.6) is 11.5 Å². The van der Waals surface area contributed by atoms with Gasteiger partial charge in [-0.3, -0.25) is 0 Å². The van der Waals surface area contributed by atoms with Crippen LogP contribution >= 0.6 is 34.0 Å². The number of likely N-dealkylation sites (tertiary alicyclic amines) is 1. The summed E-state index contributed by atoms with van der Waals surface area (Å²) >= 11 is 0. The molecule has 4 rings (SSSR count). The van der Waals surface area contributed by atoms with Gasteiger partial charge < -0.3 is 19.7 Å². The predicted octanol–water partition coefficient (Wildman–Crippen LogP) is 6.91. The van der Waals surface area contributed by atoms with E-state index in [2.05, 4.69) is 10.2 Å². The quantitative estimate of drug-likeness (QED) is 0.167. The number of amidine groups is 1. The number of ether oxygens (including phenoxy) is 2. The monoisotopic (exact) mass is 589 g/mol. The molecule has 0 aromatic heterocycles. The molecule has 3 aromatic rings. The van der Waals surface area contributed by atoms with Crippen molar-refractivity contribution in [1.29, 1.82) is 0 Å². The van der Waals surface area contributed by atoms with Gasteiger partial charge in [0.15, 0.2) is 0 Å². The summed E-state index contributed by atoms with van der Waals surface area (Å²) in [5, 5.41) is 3.44. The fourth-order valence-corrected chi connectivity index (χ4v) is 3.80. The molecule has 0 aliphatic carbocycles. The zero-order valence-corrected chi connectivity index (χ0v) is 22.9. The van der Waals surface area contributed by atoms with Crippen molar-refractivity contribution in [3.63, 3.8) is 0 Å².